The van der Waals surface area contributed by atoms with Gasteiger partial charge in [0.05, 0.1) is 46.8 Å². The third kappa shape index (κ3) is 7.22. The Kier molecular flexibility index (Phi) is 11.9. The lowest BCUT2D eigenvalue weighted by Gasteiger charge is -2.37. The number of methoxy groups -OCH3 is 1. The smallest absolute Gasteiger partial charge is 0.312 e. The van der Waals surface area contributed by atoms with E-state index in [0.29, 0.717) is 6.54 Å². The highest BCUT2D eigenvalue weighted by Crippen LogP contribution is 2.55. The molecule has 0 saturated carbocycles. The molecule has 3 aliphatic rings. The molecular weight excluding hydrogens is 656 g/mol. The van der Waals surface area contributed by atoms with E-state index in [9.17, 15) is 35.1 Å². The Morgan fingerprint density at radius 2 is 1.59 bits per heavy atom. The van der Waals surface area contributed by atoms with Gasteiger partial charge in [-0.15, -0.1) is 0 Å². The van der Waals surface area contributed by atoms with Crippen LogP contribution in [0.15, 0.2) is 41.1 Å². The molecule has 1 amide bonds. The molecule has 2 aromatic carbocycles. The lowest BCUT2D eigenvalue weighted by Crippen LogP contribution is -2.41. The Labute approximate surface area is 299 Å². The van der Waals surface area contributed by atoms with Gasteiger partial charge in [0.15, 0.2) is 5.75 Å². The van der Waals surface area contributed by atoms with Gasteiger partial charge in [-0.3, -0.25) is 14.6 Å². The van der Waals surface area contributed by atoms with Crippen molar-refractivity contribution in [2.45, 2.75) is 86.4 Å². The molecule has 0 saturated heterocycles. The highest BCUT2D eigenvalue weighted by molar-refractivity contribution is 6.23. The van der Waals surface area contributed by atoms with Crippen LogP contribution in [-0.2, 0) is 14.3 Å². The second-order valence-corrected chi connectivity index (χ2v) is 14.0. The van der Waals surface area contributed by atoms with Crippen molar-refractivity contribution in [3.8, 4) is 23.0 Å². The molecule has 0 radical (unpaired) electrons. The van der Waals surface area contributed by atoms with Gasteiger partial charge < -0.3 is 45.1 Å². The van der Waals surface area contributed by atoms with Crippen molar-refractivity contribution >= 4 is 34.4 Å². The van der Waals surface area contributed by atoms with E-state index in [1.54, 1.807) is 46.1 Å². The summed E-state index contributed by atoms with van der Waals surface area (Å²) < 4.78 is 17.8. The van der Waals surface area contributed by atoms with Crippen LogP contribution in [0, 0.1) is 36.5 Å². The van der Waals surface area contributed by atoms with Crippen LogP contribution in [0.2, 0.25) is 0 Å². The van der Waals surface area contributed by atoms with Crippen LogP contribution in [-0.4, -0.2) is 81.2 Å². The molecule has 0 spiro atoms. The predicted octanol–water partition coefficient (Wildman–Crippen LogP) is 5.90. The van der Waals surface area contributed by atoms with Crippen molar-refractivity contribution in [1.29, 1.82) is 0 Å². The number of allylic oxidation sites excluding steroid dienone is 2. The molecule has 0 aliphatic carbocycles. The third-order valence-corrected chi connectivity index (χ3v) is 10.8. The van der Waals surface area contributed by atoms with E-state index in [0.717, 1.165) is 0 Å². The van der Waals surface area contributed by atoms with Crippen LogP contribution in [0.3, 0.4) is 0 Å². The number of rotatable bonds is 3. The number of carbonyl (C=O) groups excluding carboxylic acids is 2. The zero-order chi connectivity index (χ0) is 38.1. The van der Waals surface area contributed by atoms with Gasteiger partial charge in [-0.25, -0.2) is 0 Å². The Balaban J connectivity index is 1.95. The van der Waals surface area contributed by atoms with Crippen LogP contribution in [0.5, 0.6) is 23.0 Å². The van der Waals surface area contributed by atoms with Gasteiger partial charge in [0.2, 0.25) is 0 Å². The van der Waals surface area contributed by atoms with Crippen LogP contribution in [0.4, 0.5) is 5.69 Å². The van der Waals surface area contributed by atoms with Gasteiger partial charge in [-0.05, 0) is 44.6 Å². The normalized spacial score (nSPS) is 33.1. The minimum Gasteiger partial charge on any atom is -0.507 e. The number of aromatic hydroxyl groups is 3. The number of nitrogens with zero attached hydrogens (tertiary/aromatic N) is 1. The Morgan fingerprint density at radius 1 is 0.922 bits per heavy atom. The molecule has 51 heavy (non-hydrogen) atoms. The fraction of sp³-hybridized carbons (Fsp3) is 0.513. The minimum absolute atomic E-state index is 0.0412. The van der Waals surface area contributed by atoms with Gasteiger partial charge in [-0.2, -0.15) is 0 Å². The molecule has 5 bridgehead atoms. The van der Waals surface area contributed by atoms with Crippen molar-refractivity contribution in [3.05, 3.63) is 52.8 Å². The number of Topliss-reactive ketones (excluding diaryl/α,β-unsaturated/α-hetero) is 1. The maximum Gasteiger partial charge on any atom is 0.312 e. The lowest BCUT2D eigenvalue weighted by atomic mass is 9.74. The fourth-order valence-electron chi connectivity index (χ4n) is 6.88. The summed E-state index contributed by atoms with van der Waals surface area (Å²) in [5, 5.41) is 59.4. The maximum absolute atomic E-state index is 14.2. The number of aliphatic imine (C=N–C) groups is 1. The number of aliphatic hydroxyl groups excluding tert-OH is 2. The second-order valence-electron chi connectivity index (χ2n) is 14.0. The topological polar surface area (TPSA) is 187 Å². The molecule has 0 fully saturated rings. The zero-order valence-electron chi connectivity index (χ0n) is 31.0. The number of aliphatic hydroxyl groups is 2. The molecule has 0 unspecified atom stereocenters. The van der Waals surface area contributed by atoms with E-state index in [1.807, 2.05) is 27.7 Å². The molecule has 278 valence electrons. The quantitative estimate of drug-likeness (QED) is 0.127. The van der Waals surface area contributed by atoms with Crippen molar-refractivity contribution < 1.29 is 49.3 Å². The number of anilines is 1. The first-order valence-electron chi connectivity index (χ1n) is 17.3. The summed E-state index contributed by atoms with van der Waals surface area (Å²) in [5.41, 5.74) is -0.125. The summed E-state index contributed by atoms with van der Waals surface area (Å²) >= 11 is 0. The predicted molar refractivity (Wildman–Crippen MR) is 196 cm³/mol. The summed E-state index contributed by atoms with van der Waals surface area (Å²) in [6, 6.07) is 0. The van der Waals surface area contributed by atoms with Gasteiger partial charge in [0.25, 0.3) is 11.7 Å². The number of ether oxygens (including phenoxy) is 3. The number of hydrogen-bond donors (Lipinski definition) is 6. The maximum atomic E-state index is 14.2. The molecule has 5 rings (SSSR count). The number of phenolic OH excluding ortho intramolecular Hbond substituents is 3. The number of ketones is 1. The third-order valence-electron chi connectivity index (χ3n) is 10.8. The standard InChI is InChI=1S/C39H52N2O10/c1-11-40-17-25-30-35(46)28-27(34(25)45)29-36(24(8)33(28)44)51-39(9,37(29)47)50-16-15-26(49-10)21(5)20(4)22(6)32(43)23(7)31(42)18(2)13-12-14-19(3)38(48)41-30/h12-18,20-23,26,31-32,42-46H,11H2,1-10H3,(H,41,48)/b13-12+,16-15+,19-14-,40-17+/t18-,20+,21-,22-,23+,26-,31-,32-,39-/m0/s1. The average Bonchev–Trinajstić information content (AvgIpc) is 3.37. The van der Waals surface area contributed by atoms with Crippen LogP contribution < -0.4 is 10.1 Å². The highest BCUT2D eigenvalue weighted by atomic mass is 16.7. The summed E-state index contributed by atoms with van der Waals surface area (Å²) in [7, 11) is 1.54. The fourth-order valence-corrected chi connectivity index (χ4v) is 6.88. The monoisotopic (exact) mass is 708 g/mol. The molecule has 3 aliphatic heterocycles. The summed E-state index contributed by atoms with van der Waals surface area (Å²) in [6.45, 7) is 16.0. The van der Waals surface area contributed by atoms with Crippen molar-refractivity contribution in [3.63, 3.8) is 0 Å². The van der Waals surface area contributed by atoms with Gasteiger partial charge in [0, 0.05) is 55.2 Å². The van der Waals surface area contributed by atoms with E-state index in [-0.39, 0.29) is 68.1 Å². The Bertz CT molecular complexity index is 1800. The first-order chi connectivity index (χ1) is 23.9. The largest absolute Gasteiger partial charge is 0.507 e. The van der Waals surface area contributed by atoms with E-state index >= 15 is 0 Å². The number of phenols is 3. The molecule has 9 atom stereocenters. The summed E-state index contributed by atoms with van der Waals surface area (Å²) in [4.78, 5) is 31.8. The first-order valence-corrected chi connectivity index (χ1v) is 17.3. The summed E-state index contributed by atoms with van der Waals surface area (Å²) in [6.07, 6.45) is 6.87. The molecule has 12 heteroatoms. The molecule has 6 N–H and O–H groups in total. The highest BCUT2D eigenvalue weighted by Gasteiger charge is 2.49. The minimum atomic E-state index is -1.93. The van der Waals surface area contributed by atoms with Gasteiger partial charge in [-0.1, -0.05) is 52.8 Å². The Morgan fingerprint density at radius 3 is 2.22 bits per heavy atom. The van der Waals surface area contributed by atoms with Gasteiger partial charge >= 0.3 is 5.79 Å². The summed E-state index contributed by atoms with van der Waals surface area (Å²) in [5.74, 6) is -6.23. The van der Waals surface area contributed by atoms with E-state index in [2.05, 4.69) is 10.3 Å². The van der Waals surface area contributed by atoms with E-state index in [4.69, 9.17) is 14.2 Å². The number of amides is 1. The van der Waals surface area contributed by atoms with Crippen molar-refractivity contribution in [1.82, 2.24) is 0 Å². The van der Waals surface area contributed by atoms with Gasteiger partial charge in [0.1, 0.15) is 17.2 Å². The van der Waals surface area contributed by atoms with Crippen LogP contribution in [0.1, 0.15) is 76.9 Å². The second kappa shape index (κ2) is 15.5. The molecule has 12 nitrogen and oxygen atoms in total. The van der Waals surface area contributed by atoms with Crippen molar-refractivity contribution in [2.75, 3.05) is 19.0 Å². The SMILES string of the molecule is CC/N=C/c1c2c(O)c3c(O)c(C)c4c(c3c1O)C(=O)[C@@](C)(O/C=C/[C@H](OC)[C@@H](C)[C@@H](C)[C@H](C)[C@H](O)[C@H](C)[C@@H](O)[C@@H](C)/C=C/C=C(/C)C(=O)N2)O4. The van der Waals surface area contributed by atoms with E-state index in [1.165, 1.54) is 32.4 Å². The average molecular weight is 709 g/mol. The van der Waals surface area contributed by atoms with Crippen LogP contribution in [0.25, 0.3) is 10.8 Å². The number of hydrogen-bond acceptors (Lipinski definition) is 11. The van der Waals surface area contributed by atoms with E-state index < -0.39 is 59.0 Å². The number of fused-ring (bicyclic) bond motifs is 14. The lowest BCUT2D eigenvalue weighted by molar-refractivity contribution is -0.112. The molecular formula is C39H52N2O10. The van der Waals surface area contributed by atoms with Crippen molar-refractivity contribution in [2.24, 2.45) is 34.6 Å². The zero-order valence-corrected chi connectivity index (χ0v) is 31.0. The Hall–Kier alpha value is -4.39. The number of benzene rings is 2. The number of carbonyl (C=O) groups is 2. The molecule has 0 aromatic heterocycles. The molecule has 2 aromatic rings. The number of nitrogens with one attached hydrogen (secondary N) is 1. The molecule has 3 heterocycles. The van der Waals surface area contributed by atoms with Crippen LogP contribution >= 0.6 is 0 Å². The first kappa shape index (κ1) is 39.4.